The second-order valence-electron chi connectivity index (χ2n) is 3.38. The second-order valence-corrected chi connectivity index (χ2v) is 3.38. The Morgan fingerprint density at radius 1 is 1.11 bits per heavy atom. The molecule has 0 radical (unpaired) electrons. The van der Waals surface area contributed by atoms with Crippen LogP contribution in [0.5, 0.6) is 0 Å². The van der Waals surface area contributed by atoms with Crippen LogP contribution in [0.25, 0.3) is 0 Å². The van der Waals surface area contributed by atoms with Gasteiger partial charge >= 0.3 is 18.0 Å². The SMILES string of the molecule is CCOC(=O)/C=C/C(=O)OCCNC(=O)N(C)C. The zero-order valence-corrected chi connectivity index (χ0v) is 10.8. The third-order valence-corrected chi connectivity index (χ3v) is 1.67. The highest BCUT2D eigenvalue weighted by atomic mass is 16.5. The van der Waals surface area contributed by atoms with Gasteiger partial charge in [-0.25, -0.2) is 14.4 Å². The minimum atomic E-state index is -0.665. The van der Waals surface area contributed by atoms with Crippen molar-refractivity contribution < 1.29 is 23.9 Å². The molecule has 102 valence electrons. The van der Waals surface area contributed by atoms with Gasteiger partial charge in [0, 0.05) is 26.2 Å². The normalized spacial score (nSPS) is 9.94. The molecule has 0 aliphatic rings. The summed E-state index contributed by atoms with van der Waals surface area (Å²) >= 11 is 0. The molecule has 0 saturated heterocycles. The van der Waals surface area contributed by atoms with Crippen molar-refractivity contribution in [2.24, 2.45) is 0 Å². The summed E-state index contributed by atoms with van der Waals surface area (Å²) in [6.45, 7) is 2.15. The van der Waals surface area contributed by atoms with E-state index in [2.05, 4.69) is 10.1 Å². The molecule has 1 N–H and O–H groups in total. The third kappa shape index (κ3) is 8.14. The van der Waals surface area contributed by atoms with Gasteiger partial charge in [0.15, 0.2) is 0 Å². The molecule has 0 aliphatic heterocycles. The Bertz CT molecular complexity index is 325. The van der Waals surface area contributed by atoms with E-state index in [1.165, 1.54) is 4.90 Å². The van der Waals surface area contributed by atoms with E-state index in [-0.39, 0.29) is 25.8 Å². The lowest BCUT2D eigenvalue weighted by atomic mass is 10.5. The van der Waals surface area contributed by atoms with Crippen LogP contribution in [0.3, 0.4) is 0 Å². The number of hydrogen-bond acceptors (Lipinski definition) is 5. The summed E-state index contributed by atoms with van der Waals surface area (Å²) in [6.07, 6.45) is 1.97. The van der Waals surface area contributed by atoms with E-state index in [1.807, 2.05) is 0 Å². The molecular formula is C11H18N2O5. The maximum Gasteiger partial charge on any atom is 0.331 e. The molecule has 7 heteroatoms. The Hall–Kier alpha value is -2.05. The number of urea groups is 1. The number of nitrogens with one attached hydrogen (secondary N) is 1. The van der Waals surface area contributed by atoms with Crippen molar-refractivity contribution in [1.82, 2.24) is 10.2 Å². The number of carbonyl (C=O) groups is 3. The molecule has 0 bridgehead atoms. The Morgan fingerprint density at radius 2 is 1.67 bits per heavy atom. The summed E-state index contributed by atoms with van der Waals surface area (Å²) in [5, 5.41) is 2.52. The summed E-state index contributed by atoms with van der Waals surface area (Å²) in [5.74, 6) is -1.27. The van der Waals surface area contributed by atoms with Crippen LogP contribution < -0.4 is 5.32 Å². The molecule has 0 aromatic carbocycles. The minimum absolute atomic E-state index is 0.0333. The summed E-state index contributed by atoms with van der Waals surface area (Å²) < 4.78 is 9.31. The number of carbonyl (C=O) groups excluding carboxylic acids is 3. The maximum absolute atomic E-state index is 11.1. The lowest BCUT2D eigenvalue weighted by Crippen LogP contribution is -2.36. The van der Waals surface area contributed by atoms with Gasteiger partial charge in [0.25, 0.3) is 0 Å². The van der Waals surface area contributed by atoms with Gasteiger partial charge in [-0.3, -0.25) is 0 Å². The monoisotopic (exact) mass is 258 g/mol. The largest absolute Gasteiger partial charge is 0.463 e. The molecule has 0 aromatic heterocycles. The summed E-state index contributed by atoms with van der Waals surface area (Å²) in [4.78, 5) is 34.4. The van der Waals surface area contributed by atoms with E-state index in [0.717, 1.165) is 12.2 Å². The Labute approximate surface area is 106 Å². The number of ether oxygens (including phenoxy) is 2. The molecule has 18 heavy (non-hydrogen) atoms. The molecule has 0 aromatic rings. The zero-order valence-electron chi connectivity index (χ0n) is 10.8. The topological polar surface area (TPSA) is 84.9 Å². The molecule has 0 saturated carbocycles. The van der Waals surface area contributed by atoms with Gasteiger partial charge in [-0.05, 0) is 6.92 Å². The van der Waals surface area contributed by atoms with Crippen molar-refractivity contribution in [3.05, 3.63) is 12.2 Å². The van der Waals surface area contributed by atoms with Crippen molar-refractivity contribution >= 4 is 18.0 Å². The lowest BCUT2D eigenvalue weighted by molar-refractivity contribution is -0.140. The Balaban J connectivity index is 3.72. The zero-order chi connectivity index (χ0) is 14.0. The predicted molar refractivity (Wildman–Crippen MR) is 63.8 cm³/mol. The summed E-state index contributed by atoms with van der Waals surface area (Å²) in [7, 11) is 3.20. The molecule has 0 aliphatic carbocycles. The first kappa shape index (κ1) is 16.0. The van der Waals surface area contributed by atoms with E-state index >= 15 is 0 Å². The van der Waals surface area contributed by atoms with Crippen LogP contribution in [0, 0.1) is 0 Å². The van der Waals surface area contributed by atoms with Crippen LogP contribution in [-0.2, 0) is 19.1 Å². The van der Waals surface area contributed by atoms with E-state index in [4.69, 9.17) is 4.74 Å². The Kier molecular flexibility index (Phi) is 8.00. The standard InChI is InChI=1S/C11H18N2O5/c1-4-17-9(14)5-6-10(15)18-8-7-12-11(16)13(2)3/h5-6H,4,7-8H2,1-3H3,(H,12,16)/b6-5+. The average molecular weight is 258 g/mol. The van der Waals surface area contributed by atoms with Gasteiger partial charge in [0.05, 0.1) is 13.2 Å². The lowest BCUT2D eigenvalue weighted by Gasteiger charge is -2.11. The van der Waals surface area contributed by atoms with E-state index in [1.54, 1.807) is 21.0 Å². The quantitative estimate of drug-likeness (QED) is 0.409. The number of amides is 2. The van der Waals surface area contributed by atoms with Gasteiger partial charge in [0.1, 0.15) is 6.61 Å². The van der Waals surface area contributed by atoms with Gasteiger partial charge in [-0.2, -0.15) is 0 Å². The van der Waals surface area contributed by atoms with Crippen molar-refractivity contribution in [1.29, 1.82) is 0 Å². The fourth-order valence-electron chi connectivity index (χ4n) is 0.842. The third-order valence-electron chi connectivity index (χ3n) is 1.67. The maximum atomic E-state index is 11.1. The summed E-state index contributed by atoms with van der Waals surface area (Å²) in [5.41, 5.74) is 0. The highest BCUT2D eigenvalue weighted by Crippen LogP contribution is 1.85. The molecule has 0 atom stereocenters. The highest BCUT2D eigenvalue weighted by molar-refractivity contribution is 5.91. The molecule has 2 amide bonds. The second kappa shape index (κ2) is 9.03. The van der Waals surface area contributed by atoms with Crippen molar-refractivity contribution in [3.8, 4) is 0 Å². The molecule has 0 spiro atoms. The van der Waals surface area contributed by atoms with E-state index in [0.29, 0.717) is 0 Å². The Morgan fingerprint density at radius 3 is 2.17 bits per heavy atom. The van der Waals surface area contributed by atoms with Crippen molar-refractivity contribution in [2.75, 3.05) is 33.9 Å². The van der Waals surface area contributed by atoms with Crippen LogP contribution in [0.15, 0.2) is 12.2 Å². The molecule has 0 unspecified atom stereocenters. The smallest absolute Gasteiger partial charge is 0.331 e. The highest BCUT2D eigenvalue weighted by Gasteiger charge is 2.03. The molecule has 7 nitrogen and oxygen atoms in total. The number of rotatable bonds is 6. The van der Waals surface area contributed by atoms with Gasteiger partial charge in [0.2, 0.25) is 0 Å². The van der Waals surface area contributed by atoms with Crippen LogP contribution in [0.2, 0.25) is 0 Å². The molecular weight excluding hydrogens is 240 g/mol. The van der Waals surface area contributed by atoms with E-state index < -0.39 is 11.9 Å². The number of esters is 2. The fraction of sp³-hybridized carbons (Fsp3) is 0.545. The number of nitrogens with zero attached hydrogens (tertiary/aromatic N) is 1. The van der Waals surface area contributed by atoms with Crippen LogP contribution in [-0.4, -0.2) is 56.7 Å². The van der Waals surface area contributed by atoms with Crippen molar-refractivity contribution in [2.45, 2.75) is 6.92 Å². The molecule has 0 heterocycles. The van der Waals surface area contributed by atoms with Gasteiger partial charge < -0.3 is 19.7 Å². The molecule has 0 rings (SSSR count). The van der Waals surface area contributed by atoms with Crippen LogP contribution in [0.4, 0.5) is 4.79 Å². The predicted octanol–water partition coefficient (Wildman–Crippen LogP) is -0.0799. The van der Waals surface area contributed by atoms with Crippen LogP contribution in [0.1, 0.15) is 6.92 Å². The minimum Gasteiger partial charge on any atom is -0.463 e. The summed E-state index contributed by atoms with van der Waals surface area (Å²) in [6, 6.07) is -0.270. The molecule has 0 fully saturated rings. The van der Waals surface area contributed by atoms with E-state index in [9.17, 15) is 14.4 Å². The van der Waals surface area contributed by atoms with Crippen molar-refractivity contribution in [3.63, 3.8) is 0 Å². The first-order valence-corrected chi connectivity index (χ1v) is 5.44. The first-order valence-electron chi connectivity index (χ1n) is 5.44. The van der Waals surface area contributed by atoms with Crippen LogP contribution >= 0.6 is 0 Å². The first-order chi connectivity index (χ1) is 8.47. The van der Waals surface area contributed by atoms with Gasteiger partial charge in [-0.1, -0.05) is 0 Å². The van der Waals surface area contributed by atoms with Gasteiger partial charge in [-0.15, -0.1) is 0 Å². The number of hydrogen-bond donors (Lipinski definition) is 1. The average Bonchev–Trinajstić information content (AvgIpc) is 2.32. The fourth-order valence-corrected chi connectivity index (χ4v) is 0.842.